The van der Waals surface area contributed by atoms with Crippen LogP contribution >= 0.6 is 31.9 Å². The van der Waals surface area contributed by atoms with E-state index in [1.807, 2.05) is 6.92 Å². The molecule has 1 aliphatic heterocycles. The molecule has 1 aromatic carbocycles. The van der Waals surface area contributed by atoms with Crippen molar-refractivity contribution in [3.05, 3.63) is 26.6 Å². The fourth-order valence-corrected chi connectivity index (χ4v) is 6.92. The van der Waals surface area contributed by atoms with Gasteiger partial charge in [0.25, 0.3) is 0 Å². The lowest BCUT2D eigenvalue weighted by Gasteiger charge is -2.23. The number of sulfone groups is 1. The van der Waals surface area contributed by atoms with Crippen molar-refractivity contribution in [2.75, 3.05) is 11.5 Å². The molecule has 1 atom stereocenters. The van der Waals surface area contributed by atoms with E-state index >= 15 is 0 Å². The average Bonchev–Trinajstić information content (AvgIpc) is 2.31. The van der Waals surface area contributed by atoms with Gasteiger partial charge in [0.15, 0.2) is 9.84 Å². The van der Waals surface area contributed by atoms with Gasteiger partial charge in [-0.3, -0.25) is 0 Å². The van der Waals surface area contributed by atoms with Crippen molar-refractivity contribution in [1.82, 2.24) is 4.72 Å². The second-order valence-electron chi connectivity index (χ2n) is 5.11. The lowest BCUT2D eigenvalue weighted by Crippen LogP contribution is -2.43. The Kier molecular flexibility index (Phi) is 5.19. The summed E-state index contributed by atoms with van der Waals surface area (Å²) in [5.74, 6) is -0.0120. The molecule has 21 heavy (non-hydrogen) atoms. The molecule has 0 spiro atoms. The highest BCUT2D eigenvalue weighted by atomic mass is 79.9. The van der Waals surface area contributed by atoms with Crippen molar-refractivity contribution in [3.8, 4) is 0 Å². The Morgan fingerprint density at radius 1 is 1.24 bits per heavy atom. The molecule has 2 rings (SSSR count). The van der Waals surface area contributed by atoms with Gasteiger partial charge in [0, 0.05) is 15.0 Å². The van der Waals surface area contributed by atoms with Gasteiger partial charge >= 0.3 is 0 Å². The first-order chi connectivity index (χ1) is 9.61. The van der Waals surface area contributed by atoms with Gasteiger partial charge in [-0.15, -0.1) is 0 Å². The fraction of sp³-hybridized carbons (Fsp3) is 0.500. The second-order valence-corrected chi connectivity index (χ2v) is 10.7. The fourth-order valence-electron chi connectivity index (χ4n) is 2.23. The van der Waals surface area contributed by atoms with E-state index in [4.69, 9.17) is 0 Å². The lowest BCUT2D eigenvalue weighted by molar-refractivity contribution is 0.517. The van der Waals surface area contributed by atoms with Gasteiger partial charge in [0.05, 0.1) is 16.4 Å². The van der Waals surface area contributed by atoms with Gasteiger partial charge in [0.2, 0.25) is 10.0 Å². The highest BCUT2D eigenvalue weighted by molar-refractivity contribution is 9.11. The number of nitrogens with one attached hydrogen (secondary N) is 1. The van der Waals surface area contributed by atoms with Crippen LogP contribution in [0.25, 0.3) is 0 Å². The maximum atomic E-state index is 12.4. The van der Waals surface area contributed by atoms with E-state index in [0.717, 1.165) is 5.56 Å². The van der Waals surface area contributed by atoms with Gasteiger partial charge in [-0.2, -0.15) is 0 Å². The van der Waals surface area contributed by atoms with Crippen LogP contribution in [0.5, 0.6) is 0 Å². The van der Waals surface area contributed by atoms with Crippen LogP contribution in [0.1, 0.15) is 18.4 Å². The number of benzene rings is 1. The molecule has 1 N–H and O–H groups in total. The van der Waals surface area contributed by atoms with Crippen LogP contribution in [0.3, 0.4) is 0 Å². The minimum absolute atomic E-state index is 0.1000. The predicted octanol–water partition coefficient (Wildman–Crippen LogP) is 2.38. The molecule has 118 valence electrons. The molecule has 1 heterocycles. The molecular formula is C12H15Br2NO4S2. The maximum absolute atomic E-state index is 12.4. The molecule has 0 bridgehead atoms. The van der Waals surface area contributed by atoms with E-state index in [2.05, 4.69) is 36.6 Å². The van der Waals surface area contributed by atoms with Gasteiger partial charge < -0.3 is 0 Å². The summed E-state index contributed by atoms with van der Waals surface area (Å²) in [7, 11) is -6.93. The van der Waals surface area contributed by atoms with Crippen LogP contribution in [0.2, 0.25) is 0 Å². The van der Waals surface area contributed by atoms with Crippen LogP contribution < -0.4 is 4.72 Å². The number of hydrogen-bond donors (Lipinski definition) is 1. The average molecular weight is 461 g/mol. The normalized spacial score (nSPS) is 22.1. The lowest BCUT2D eigenvalue weighted by atomic mass is 10.2. The molecule has 0 amide bonds. The third-order valence-electron chi connectivity index (χ3n) is 3.29. The predicted molar refractivity (Wildman–Crippen MR) is 88.6 cm³/mol. The molecule has 1 saturated heterocycles. The number of rotatable bonds is 3. The van der Waals surface area contributed by atoms with E-state index in [9.17, 15) is 16.8 Å². The van der Waals surface area contributed by atoms with Gasteiger partial charge in [-0.1, -0.05) is 15.9 Å². The standard InChI is InChI=1S/C12H15Br2NO4S2/c1-8-5-11(14)12(6-10(8)13)21(18,19)15-9-3-2-4-20(16,17)7-9/h5-6,9,15H,2-4,7H2,1H3. The van der Waals surface area contributed by atoms with Gasteiger partial charge in [0.1, 0.15) is 0 Å². The number of halogens is 2. The molecule has 0 radical (unpaired) electrons. The summed E-state index contributed by atoms with van der Waals surface area (Å²) < 4.78 is 51.7. The summed E-state index contributed by atoms with van der Waals surface area (Å²) in [6.07, 6.45) is 1.01. The minimum Gasteiger partial charge on any atom is -0.229 e. The Morgan fingerprint density at radius 3 is 2.52 bits per heavy atom. The van der Waals surface area contributed by atoms with E-state index < -0.39 is 25.9 Å². The van der Waals surface area contributed by atoms with Crippen LogP contribution in [0.15, 0.2) is 26.0 Å². The molecule has 0 aromatic heterocycles. The second kappa shape index (κ2) is 6.27. The third-order valence-corrected chi connectivity index (χ3v) is 8.44. The summed E-state index contributed by atoms with van der Waals surface area (Å²) in [4.78, 5) is 0.1000. The Labute approximate surface area is 141 Å². The Balaban J connectivity index is 2.29. The molecule has 5 nitrogen and oxygen atoms in total. The smallest absolute Gasteiger partial charge is 0.229 e. The maximum Gasteiger partial charge on any atom is 0.242 e. The molecule has 1 aromatic rings. The molecule has 9 heteroatoms. The van der Waals surface area contributed by atoms with Gasteiger partial charge in [-0.05, 0) is 53.4 Å². The summed E-state index contributed by atoms with van der Waals surface area (Å²) in [6.45, 7) is 1.85. The third kappa shape index (κ3) is 4.28. The highest BCUT2D eigenvalue weighted by Crippen LogP contribution is 2.29. The van der Waals surface area contributed by atoms with Crippen molar-refractivity contribution in [1.29, 1.82) is 0 Å². The van der Waals surface area contributed by atoms with Crippen LogP contribution in [-0.4, -0.2) is 34.4 Å². The quantitative estimate of drug-likeness (QED) is 0.750. The zero-order chi connectivity index (χ0) is 15.8. The van der Waals surface area contributed by atoms with E-state index in [0.29, 0.717) is 21.8 Å². The summed E-state index contributed by atoms with van der Waals surface area (Å²) >= 11 is 6.55. The van der Waals surface area contributed by atoms with Crippen molar-refractivity contribution in [3.63, 3.8) is 0 Å². The molecule has 0 aliphatic carbocycles. The topological polar surface area (TPSA) is 80.3 Å². The van der Waals surface area contributed by atoms with E-state index in [-0.39, 0.29) is 16.4 Å². The molecular weight excluding hydrogens is 446 g/mol. The Bertz CT molecular complexity index is 760. The molecule has 1 unspecified atom stereocenters. The largest absolute Gasteiger partial charge is 0.242 e. The summed E-state index contributed by atoms with van der Waals surface area (Å²) in [6, 6.07) is 2.65. The van der Waals surface area contributed by atoms with Crippen molar-refractivity contribution < 1.29 is 16.8 Å². The first-order valence-corrected chi connectivity index (χ1v) is 11.2. The first-order valence-electron chi connectivity index (χ1n) is 6.29. The first kappa shape index (κ1) is 17.4. The highest BCUT2D eigenvalue weighted by Gasteiger charge is 2.29. The molecule has 1 fully saturated rings. The zero-order valence-electron chi connectivity index (χ0n) is 11.3. The van der Waals surface area contributed by atoms with E-state index in [1.165, 1.54) is 6.07 Å². The number of sulfonamides is 1. The number of hydrogen-bond acceptors (Lipinski definition) is 4. The van der Waals surface area contributed by atoms with Crippen molar-refractivity contribution in [2.24, 2.45) is 0 Å². The Morgan fingerprint density at radius 2 is 1.90 bits per heavy atom. The van der Waals surface area contributed by atoms with Crippen LogP contribution in [-0.2, 0) is 19.9 Å². The summed E-state index contributed by atoms with van der Waals surface area (Å²) in [5, 5.41) is 0. The Hall–Kier alpha value is 0.0400. The van der Waals surface area contributed by atoms with Crippen molar-refractivity contribution >= 4 is 51.7 Å². The minimum atomic E-state index is -3.77. The van der Waals surface area contributed by atoms with Gasteiger partial charge in [-0.25, -0.2) is 21.6 Å². The monoisotopic (exact) mass is 459 g/mol. The SMILES string of the molecule is Cc1cc(Br)c(S(=O)(=O)NC2CCCS(=O)(=O)C2)cc1Br. The van der Waals surface area contributed by atoms with Crippen LogP contribution in [0, 0.1) is 6.92 Å². The molecule has 1 aliphatic rings. The zero-order valence-corrected chi connectivity index (χ0v) is 16.1. The van der Waals surface area contributed by atoms with Crippen LogP contribution in [0.4, 0.5) is 0 Å². The molecule has 0 saturated carbocycles. The summed E-state index contributed by atoms with van der Waals surface area (Å²) in [5.41, 5.74) is 0.904. The van der Waals surface area contributed by atoms with Crippen molar-refractivity contribution in [2.45, 2.75) is 30.7 Å². The van der Waals surface area contributed by atoms with E-state index in [1.54, 1.807) is 6.07 Å². The number of aryl methyl sites for hydroxylation is 1.